The summed E-state index contributed by atoms with van der Waals surface area (Å²) in [6, 6.07) is 5.76. The number of carbonyl (C=O) groups excluding carboxylic acids is 1. The van der Waals surface area contributed by atoms with Gasteiger partial charge >= 0.3 is 29.6 Å². The van der Waals surface area contributed by atoms with Crippen LogP contribution in [0.4, 0.5) is 5.69 Å². The molecule has 0 saturated carbocycles. The van der Waals surface area contributed by atoms with Crippen molar-refractivity contribution in [1.29, 1.82) is 0 Å². The molecular weight excluding hydrogens is 263 g/mol. The minimum atomic E-state index is -1.28. The van der Waals surface area contributed by atoms with Crippen LogP contribution >= 0.6 is 0 Å². The molecule has 0 aliphatic carbocycles. The molecule has 0 fully saturated rings. The van der Waals surface area contributed by atoms with Crippen molar-refractivity contribution in [2.45, 2.75) is 6.42 Å². The average Bonchev–Trinajstić information content (AvgIpc) is 2.77. The van der Waals surface area contributed by atoms with E-state index in [9.17, 15) is 20.0 Å². The number of aromatic nitrogens is 3. The van der Waals surface area contributed by atoms with E-state index in [1.54, 1.807) is 6.07 Å². The zero-order chi connectivity index (χ0) is 13.1. The topological polar surface area (TPSA) is 125 Å². The van der Waals surface area contributed by atoms with Gasteiger partial charge in [-0.05, 0) is 0 Å². The van der Waals surface area contributed by atoms with Gasteiger partial charge in [-0.15, -0.1) is 0 Å². The zero-order valence-corrected chi connectivity index (χ0v) is 12.0. The number of hydrogen-bond donors (Lipinski definition) is 1. The van der Waals surface area contributed by atoms with E-state index in [0.29, 0.717) is 5.56 Å². The number of nitrogens with zero attached hydrogens (tertiary/aromatic N) is 3. The summed E-state index contributed by atoms with van der Waals surface area (Å²) in [5.74, 6) is -0.941. The van der Waals surface area contributed by atoms with E-state index < -0.39 is 10.9 Å². The van der Waals surface area contributed by atoms with Gasteiger partial charge in [0.15, 0.2) is 5.82 Å². The van der Waals surface area contributed by atoms with Crippen molar-refractivity contribution in [3.8, 4) is 11.4 Å². The van der Waals surface area contributed by atoms with Gasteiger partial charge in [0, 0.05) is 30.1 Å². The summed E-state index contributed by atoms with van der Waals surface area (Å²) < 4.78 is 0. The van der Waals surface area contributed by atoms with Crippen LogP contribution in [0.5, 0.6) is 0 Å². The number of carbonyl (C=O) groups is 1. The van der Waals surface area contributed by atoms with E-state index in [2.05, 4.69) is 15.2 Å². The second-order valence-electron chi connectivity index (χ2n) is 3.46. The summed E-state index contributed by atoms with van der Waals surface area (Å²) in [7, 11) is 0. The van der Waals surface area contributed by atoms with Crippen LogP contribution in [-0.2, 0) is 11.2 Å². The van der Waals surface area contributed by atoms with Crippen molar-refractivity contribution in [2.75, 3.05) is 0 Å². The first-order chi connectivity index (χ1) is 8.56. The number of nitro benzene ring substituents is 1. The normalized spacial score (nSPS) is 9.68. The predicted molar refractivity (Wildman–Crippen MR) is 57.2 cm³/mol. The number of hydrogen-bond acceptors (Lipinski definition) is 6. The third-order valence-electron chi connectivity index (χ3n) is 2.16. The molecule has 92 valence electrons. The van der Waals surface area contributed by atoms with Gasteiger partial charge in [0.25, 0.3) is 5.69 Å². The van der Waals surface area contributed by atoms with Gasteiger partial charge in [0.05, 0.1) is 4.92 Å². The van der Waals surface area contributed by atoms with Crippen LogP contribution < -0.4 is 34.7 Å². The molecule has 9 heteroatoms. The summed E-state index contributed by atoms with van der Waals surface area (Å²) in [5.41, 5.74) is 0.351. The van der Waals surface area contributed by atoms with Crippen molar-refractivity contribution >= 4 is 11.7 Å². The number of H-pyrrole nitrogens is 1. The number of non-ortho nitro benzene ring substituents is 1. The molecular formula is C10H7N4NaO4. The Balaban J connectivity index is 0.00000180. The molecule has 0 unspecified atom stereocenters. The Morgan fingerprint density at radius 3 is 2.79 bits per heavy atom. The van der Waals surface area contributed by atoms with Crippen molar-refractivity contribution in [1.82, 2.24) is 15.2 Å². The van der Waals surface area contributed by atoms with Crippen LogP contribution in [0.25, 0.3) is 11.4 Å². The Bertz CT molecular complexity index is 613. The maximum Gasteiger partial charge on any atom is 1.00 e. The predicted octanol–water partition coefficient (Wildman–Crippen LogP) is -3.32. The summed E-state index contributed by atoms with van der Waals surface area (Å²) >= 11 is 0. The monoisotopic (exact) mass is 270 g/mol. The fourth-order valence-corrected chi connectivity index (χ4v) is 1.40. The van der Waals surface area contributed by atoms with E-state index in [1.807, 2.05) is 0 Å². The standard InChI is InChI=1S/C10H8N4O4.Na/c15-9(16)5-8-11-10(13-12-8)6-2-1-3-7(4-6)14(17)18;/h1-4H,5H2,(H,15,16)(H,11,12,13);/q;+1/p-1. The van der Waals surface area contributed by atoms with Gasteiger partial charge in [-0.1, -0.05) is 12.1 Å². The van der Waals surface area contributed by atoms with Crippen LogP contribution in [0.15, 0.2) is 24.3 Å². The van der Waals surface area contributed by atoms with Crippen molar-refractivity contribution in [2.24, 2.45) is 0 Å². The molecule has 0 aliphatic heterocycles. The number of rotatable bonds is 4. The first kappa shape index (κ1) is 15.3. The van der Waals surface area contributed by atoms with Gasteiger partial charge in [0.1, 0.15) is 5.82 Å². The minimum absolute atomic E-state index is 0. The third kappa shape index (κ3) is 3.85. The summed E-state index contributed by atoms with van der Waals surface area (Å²) in [5, 5.41) is 27.2. The number of benzene rings is 1. The van der Waals surface area contributed by atoms with Crippen LogP contribution in [0.1, 0.15) is 5.82 Å². The quantitative estimate of drug-likeness (QED) is 0.352. The molecule has 0 aliphatic rings. The molecule has 0 amide bonds. The summed E-state index contributed by atoms with van der Waals surface area (Å²) in [6.07, 6.45) is -0.387. The number of aliphatic carboxylic acids is 1. The number of nitrogens with one attached hydrogen (secondary N) is 1. The molecule has 0 atom stereocenters. The van der Waals surface area contributed by atoms with Crippen LogP contribution in [-0.4, -0.2) is 26.1 Å². The number of carboxylic acids is 1. The molecule has 1 aromatic heterocycles. The number of nitro groups is 1. The molecule has 0 spiro atoms. The van der Waals surface area contributed by atoms with Gasteiger partial charge in [-0.25, -0.2) is 4.98 Å². The Kier molecular flexibility index (Phi) is 5.16. The molecule has 1 heterocycles. The maximum absolute atomic E-state index is 10.6. The average molecular weight is 270 g/mol. The molecule has 0 saturated heterocycles. The Morgan fingerprint density at radius 1 is 1.42 bits per heavy atom. The first-order valence-corrected chi connectivity index (χ1v) is 4.92. The van der Waals surface area contributed by atoms with Gasteiger partial charge in [0.2, 0.25) is 0 Å². The van der Waals surface area contributed by atoms with Gasteiger partial charge in [-0.3, -0.25) is 15.2 Å². The Labute approximate surface area is 129 Å². The van der Waals surface area contributed by atoms with E-state index in [1.165, 1.54) is 18.2 Å². The molecule has 1 N–H and O–H groups in total. The van der Waals surface area contributed by atoms with Gasteiger partial charge < -0.3 is 9.90 Å². The largest absolute Gasteiger partial charge is 1.00 e. The summed E-state index contributed by atoms with van der Waals surface area (Å²) in [6.45, 7) is 0. The molecule has 19 heavy (non-hydrogen) atoms. The number of aromatic amines is 1. The second kappa shape index (κ2) is 6.41. The van der Waals surface area contributed by atoms with Crippen molar-refractivity contribution in [3.63, 3.8) is 0 Å². The zero-order valence-electron chi connectivity index (χ0n) is 9.99. The van der Waals surface area contributed by atoms with E-state index in [-0.39, 0.29) is 53.3 Å². The summed E-state index contributed by atoms with van der Waals surface area (Å²) in [4.78, 5) is 24.4. The Hall–Kier alpha value is -1.77. The molecule has 1 aromatic carbocycles. The maximum atomic E-state index is 10.6. The molecule has 2 aromatic rings. The Morgan fingerprint density at radius 2 is 2.16 bits per heavy atom. The van der Waals surface area contributed by atoms with Crippen molar-refractivity contribution in [3.05, 3.63) is 40.2 Å². The van der Waals surface area contributed by atoms with Crippen LogP contribution in [0.2, 0.25) is 0 Å². The minimum Gasteiger partial charge on any atom is -0.550 e. The fourth-order valence-electron chi connectivity index (χ4n) is 1.40. The van der Waals surface area contributed by atoms with E-state index in [0.717, 1.165) is 0 Å². The third-order valence-corrected chi connectivity index (χ3v) is 2.16. The molecule has 8 nitrogen and oxygen atoms in total. The number of carboxylic acid groups (broad SMARTS) is 1. The van der Waals surface area contributed by atoms with E-state index >= 15 is 0 Å². The van der Waals surface area contributed by atoms with E-state index in [4.69, 9.17) is 0 Å². The molecule has 0 bridgehead atoms. The van der Waals surface area contributed by atoms with Crippen LogP contribution in [0, 0.1) is 10.1 Å². The van der Waals surface area contributed by atoms with Crippen LogP contribution in [0.3, 0.4) is 0 Å². The van der Waals surface area contributed by atoms with Gasteiger partial charge in [-0.2, -0.15) is 5.10 Å². The second-order valence-corrected chi connectivity index (χ2v) is 3.46. The SMILES string of the molecule is O=C([O-])Cc1nc(-c2cccc([N+](=O)[O-])c2)n[nH]1.[Na+]. The molecule has 2 rings (SSSR count). The fraction of sp³-hybridized carbons (Fsp3) is 0.100. The van der Waals surface area contributed by atoms with Crippen molar-refractivity contribution < 1.29 is 44.4 Å². The molecule has 0 radical (unpaired) electrons. The smallest absolute Gasteiger partial charge is 0.550 e. The first-order valence-electron chi connectivity index (χ1n) is 4.92.